The van der Waals surface area contributed by atoms with Gasteiger partial charge < -0.3 is 10.8 Å². The molecule has 2 aromatic carbocycles. The summed E-state index contributed by atoms with van der Waals surface area (Å²) in [6.45, 7) is 0. The number of phenols is 1. The molecule has 0 aliphatic rings. The van der Waals surface area contributed by atoms with Gasteiger partial charge in [-0.25, -0.2) is 0 Å². The quantitative estimate of drug-likeness (QED) is 0.447. The molecule has 0 aromatic heterocycles. The van der Waals surface area contributed by atoms with E-state index in [0.29, 0.717) is 10.7 Å². The van der Waals surface area contributed by atoms with Gasteiger partial charge in [0.25, 0.3) is 0 Å². The summed E-state index contributed by atoms with van der Waals surface area (Å²) in [5.41, 5.74) is 7.65. The summed E-state index contributed by atoms with van der Waals surface area (Å²) < 4.78 is 0. The Balaban J connectivity index is 1.89. The lowest BCUT2D eigenvalue weighted by molar-refractivity contribution is -0.456. The highest BCUT2D eigenvalue weighted by atomic mass is 32.2. The molecule has 0 aliphatic carbocycles. The zero-order chi connectivity index (χ0) is 14.2. The summed E-state index contributed by atoms with van der Waals surface area (Å²) in [5, 5.41) is 16.8. The Bertz CT molecular complexity index is 612. The Morgan fingerprint density at radius 1 is 1.15 bits per heavy atom. The molecule has 0 saturated carbocycles. The Morgan fingerprint density at radius 3 is 2.60 bits per heavy atom. The number of benzene rings is 2. The fourth-order valence-corrected chi connectivity index (χ4v) is 2.16. The smallest absolute Gasteiger partial charge is 0.226 e. The number of nitrogens with zero attached hydrogens (tertiary/aromatic N) is 1. The van der Waals surface area contributed by atoms with E-state index in [9.17, 15) is 5.11 Å². The highest BCUT2D eigenvalue weighted by Gasteiger charge is 2.00. The topological polar surface area (TPSA) is 72.6 Å². The molecule has 0 fully saturated rings. The number of aromatic hydroxyl groups is 1. The molecule has 102 valence electrons. The fourth-order valence-electron chi connectivity index (χ4n) is 1.54. The van der Waals surface area contributed by atoms with Crippen LogP contribution in [0.4, 0.5) is 0 Å². The van der Waals surface area contributed by atoms with Crippen molar-refractivity contribution < 1.29 is 10.2 Å². The minimum absolute atomic E-state index is 0.200. The SMILES string of the molecule is NC(=N/[NH+]=C/c1ccccc1O)SCc1ccccc1. The zero-order valence-corrected chi connectivity index (χ0v) is 11.7. The summed E-state index contributed by atoms with van der Waals surface area (Å²) in [7, 11) is 0. The van der Waals surface area contributed by atoms with Gasteiger partial charge in [-0.3, -0.25) is 0 Å². The Hall–Kier alpha value is -2.27. The molecular weight excluding hydrogens is 270 g/mol. The van der Waals surface area contributed by atoms with Gasteiger partial charge in [0, 0.05) is 10.9 Å². The predicted molar refractivity (Wildman–Crippen MR) is 83.6 cm³/mol. The number of nitrogens with two attached hydrogens (primary N) is 1. The first-order valence-electron chi connectivity index (χ1n) is 6.12. The molecule has 2 rings (SSSR count). The summed E-state index contributed by atoms with van der Waals surface area (Å²) >= 11 is 1.45. The third kappa shape index (κ3) is 4.44. The second-order valence-corrected chi connectivity index (χ2v) is 5.05. The Morgan fingerprint density at radius 2 is 1.85 bits per heavy atom. The van der Waals surface area contributed by atoms with Crippen LogP contribution in [-0.2, 0) is 5.75 Å². The van der Waals surface area contributed by atoms with E-state index >= 15 is 0 Å². The number of amidine groups is 1. The summed E-state index contributed by atoms with van der Waals surface area (Å²) in [5.74, 6) is 0.972. The van der Waals surface area contributed by atoms with E-state index < -0.39 is 0 Å². The van der Waals surface area contributed by atoms with Crippen LogP contribution in [-0.4, -0.2) is 16.5 Å². The van der Waals surface area contributed by atoms with Gasteiger partial charge in [-0.05, 0) is 17.7 Å². The lowest BCUT2D eigenvalue weighted by Crippen LogP contribution is -2.62. The fraction of sp³-hybridized carbons (Fsp3) is 0.0667. The molecule has 0 spiro atoms. The van der Waals surface area contributed by atoms with Gasteiger partial charge in [0.05, 0.1) is 5.56 Å². The standard InChI is InChI=1S/C15H15N3OS/c16-15(20-11-12-6-2-1-3-7-12)18-17-10-13-8-4-5-9-14(13)19/h1-10,19H,11H2,(H2,16,18)/p+1/b17-10+. The molecule has 4 nitrogen and oxygen atoms in total. The monoisotopic (exact) mass is 286 g/mol. The molecule has 0 radical (unpaired) electrons. The Kier molecular flexibility index (Phi) is 5.20. The van der Waals surface area contributed by atoms with Gasteiger partial charge >= 0.3 is 0 Å². The van der Waals surface area contributed by atoms with E-state index in [4.69, 9.17) is 5.73 Å². The molecule has 5 heteroatoms. The molecule has 0 saturated heterocycles. The first-order valence-corrected chi connectivity index (χ1v) is 7.11. The molecule has 4 N–H and O–H groups in total. The van der Waals surface area contributed by atoms with Crippen molar-refractivity contribution in [3.8, 4) is 5.75 Å². The first kappa shape index (κ1) is 14.1. The van der Waals surface area contributed by atoms with E-state index in [1.54, 1.807) is 24.4 Å². The van der Waals surface area contributed by atoms with Crippen molar-refractivity contribution in [1.29, 1.82) is 0 Å². The molecule has 0 bridgehead atoms. The molecule has 0 aliphatic heterocycles. The van der Waals surface area contributed by atoms with Crippen molar-refractivity contribution >= 4 is 23.1 Å². The second kappa shape index (κ2) is 7.35. The Labute approximate surface area is 122 Å². The average Bonchev–Trinajstić information content (AvgIpc) is 2.48. The zero-order valence-electron chi connectivity index (χ0n) is 10.9. The lowest BCUT2D eigenvalue weighted by atomic mass is 10.2. The molecule has 0 heterocycles. The number of phenolic OH excluding ortho intramolecular Hbond substituents is 1. The number of para-hydroxylation sites is 1. The average molecular weight is 286 g/mol. The van der Waals surface area contributed by atoms with E-state index in [-0.39, 0.29) is 5.75 Å². The third-order valence-electron chi connectivity index (χ3n) is 2.56. The highest BCUT2D eigenvalue weighted by Crippen LogP contribution is 2.12. The number of nitrogens with one attached hydrogen (secondary N) is 1. The third-order valence-corrected chi connectivity index (χ3v) is 3.43. The van der Waals surface area contributed by atoms with Crippen LogP contribution in [0, 0.1) is 0 Å². The number of rotatable bonds is 4. The highest BCUT2D eigenvalue weighted by molar-refractivity contribution is 8.13. The predicted octanol–water partition coefficient (Wildman–Crippen LogP) is 1.05. The van der Waals surface area contributed by atoms with E-state index in [1.165, 1.54) is 17.3 Å². The molecule has 0 unspecified atom stereocenters. The molecule has 0 atom stereocenters. The van der Waals surface area contributed by atoms with E-state index in [1.807, 2.05) is 36.4 Å². The number of hydrazone groups is 1. The minimum atomic E-state index is 0.200. The van der Waals surface area contributed by atoms with Crippen LogP contribution in [0.3, 0.4) is 0 Å². The minimum Gasteiger partial charge on any atom is -0.507 e. The largest absolute Gasteiger partial charge is 0.507 e. The first-order chi connectivity index (χ1) is 9.75. The maximum atomic E-state index is 9.57. The van der Waals surface area contributed by atoms with Crippen LogP contribution in [0.25, 0.3) is 0 Å². The molecule has 20 heavy (non-hydrogen) atoms. The van der Waals surface area contributed by atoms with Crippen molar-refractivity contribution in [2.45, 2.75) is 5.75 Å². The van der Waals surface area contributed by atoms with Crippen LogP contribution < -0.4 is 10.8 Å². The number of hydrogen-bond acceptors (Lipinski definition) is 3. The number of thioether (sulfide) groups is 1. The van der Waals surface area contributed by atoms with Crippen LogP contribution in [0.2, 0.25) is 0 Å². The molecule has 2 aromatic rings. The van der Waals surface area contributed by atoms with Crippen LogP contribution in [0.1, 0.15) is 11.1 Å². The maximum absolute atomic E-state index is 9.57. The second-order valence-electron chi connectivity index (χ2n) is 4.06. The summed E-state index contributed by atoms with van der Waals surface area (Å²) in [6.07, 6.45) is 1.60. The van der Waals surface area contributed by atoms with Gasteiger partial charge in [0.15, 0.2) is 0 Å². The maximum Gasteiger partial charge on any atom is 0.226 e. The van der Waals surface area contributed by atoms with Crippen LogP contribution >= 0.6 is 11.8 Å². The number of hydrogen-bond donors (Lipinski definition) is 3. The van der Waals surface area contributed by atoms with E-state index in [0.717, 1.165) is 5.75 Å². The van der Waals surface area contributed by atoms with Gasteiger partial charge in [0.1, 0.15) is 5.75 Å². The van der Waals surface area contributed by atoms with Crippen LogP contribution in [0.5, 0.6) is 5.75 Å². The van der Waals surface area contributed by atoms with Crippen molar-refractivity contribution in [3.63, 3.8) is 0 Å². The van der Waals surface area contributed by atoms with Gasteiger partial charge in [-0.15, -0.1) is 5.10 Å². The summed E-state index contributed by atoms with van der Waals surface area (Å²) in [4.78, 5) is 0. The van der Waals surface area contributed by atoms with Crippen LogP contribution in [0.15, 0.2) is 59.7 Å². The normalized spacial score (nSPS) is 11.9. The molecule has 0 amide bonds. The van der Waals surface area contributed by atoms with Crippen molar-refractivity contribution in [3.05, 3.63) is 65.7 Å². The van der Waals surface area contributed by atoms with E-state index in [2.05, 4.69) is 10.2 Å². The van der Waals surface area contributed by atoms with Gasteiger partial charge in [-0.2, -0.15) is 0 Å². The van der Waals surface area contributed by atoms with Gasteiger partial charge in [0.2, 0.25) is 11.4 Å². The van der Waals surface area contributed by atoms with Crippen molar-refractivity contribution in [2.75, 3.05) is 0 Å². The van der Waals surface area contributed by atoms with Crippen molar-refractivity contribution in [1.82, 2.24) is 0 Å². The lowest BCUT2D eigenvalue weighted by Gasteiger charge is -1.97. The summed E-state index contributed by atoms with van der Waals surface area (Å²) in [6, 6.07) is 17.1. The van der Waals surface area contributed by atoms with Gasteiger partial charge in [-0.1, -0.05) is 54.2 Å². The van der Waals surface area contributed by atoms with Crippen molar-refractivity contribution in [2.24, 2.45) is 10.8 Å². The molecular formula is C15H16N3OS+.